The predicted molar refractivity (Wildman–Crippen MR) is 59.0 cm³/mol. The highest BCUT2D eigenvalue weighted by atomic mass is 16.5. The van der Waals surface area contributed by atoms with Crippen molar-refractivity contribution in [3.8, 4) is 5.88 Å². The van der Waals surface area contributed by atoms with Gasteiger partial charge >= 0.3 is 0 Å². The Hall–Kier alpha value is -1.05. The van der Waals surface area contributed by atoms with Crippen LogP contribution in [-0.2, 0) is 0 Å². The van der Waals surface area contributed by atoms with Gasteiger partial charge in [-0.05, 0) is 17.9 Å². The molecule has 0 unspecified atom stereocenters. The van der Waals surface area contributed by atoms with E-state index in [2.05, 4.69) is 44.8 Å². The molecule has 0 saturated carbocycles. The summed E-state index contributed by atoms with van der Waals surface area (Å²) in [6, 6.07) is 4.20. The van der Waals surface area contributed by atoms with Crippen molar-refractivity contribution in [2.45, 2.75) is 39.5 Å². The van der Waals surface area contributed by atoms with Gasteiger partial charge in [0.05, 0.1) is 7.11 Å². The topological polar surface area (TPSA) is 22.1 Å². The van der Waals surface area contributed by atoms with E-state index in [1.807, 2.05) is 0 Å². The van der Waals surface area contributed by atoms with Gasteiger partial charge in [-0.1, -0.05) is 33.8 Å². The highest BCUT2D eigenvalue weighted by Crippen LogP contribution is 2.26. The first-order valence-electron chi connectivity index (χ1n) is 5.11. The van der Waals surface area contributed by atoms with E-state index < -0.39 is 0 Å². The fraction of sp³-hybridized carbons (Fsp3) is 0.583. The van der Waals surface area contributed by atoms with Gasteiger partial charge in [0.15, 0.2) is 0 Å². The Bertz CT molecular complexity index is 305. The SMILES string of the molecule is COc1nc(C(C)C)ccc1C(C)C. The molecule has 14 heavy (non-hydrogen) atoms. The minimum atomic E-state index is 0.449. The highest BCUT2D eigenvalue weighted by Gasteiger charge is 2.10. The fourth-order valence-corrected chi connectivity index (χ4v) is 1.39. The Morgan fingerprint density at radius 1 is 1.07 bits per heavy atom. The van der Waals surface area contributed by atoms with Gasteiger partial charge < -0.3 is 4.74 Å². The largest absolute Gasteiger partial charge is 0.481 e. The number of aromatic nitrogens is 1. The molecule has 0 fully saturated rings. The summed E-state index contributed by atoms with van der Waals surface area (Å²) in [5, 5.41) is 0. The van der Waals surface area contributed by atoms with Gasteiger partial charge in [-0.2, -0.15) is 0 Å². The second-order valence-electron chi connectivity index (χ2n) is 4.14. The van der Waals surface area contributed by atoms with Gasteiger partial charge in [0.1, 0.15) is 0 Å². The van der Waals surface area contributed by atoms with Crippen molar-refractivity contribution >= 4 is 0 Å². The molecule has 2 nitrogen and oxygen atoms in total. The van der Waals surface area contributed by atoms with Crippen molar-refractivity contribution in [1.29, 1.82) is 0 Å². The number of hydrogen-bond acceptors (Lipinski definition) is 2. The summed E-state index contributed by atoms with van der Waals surface area (Å²) >= 11 is 0. The minimum Gasteiger partial charge on any atom is -0.481 e. The zero-order chi connectivity index (χ0) is 10.7. The third-order valence-corrected chi connectivity index (χ3v) is 2.32. The molecule has 0 radical (unpaired) electrons. The van der Waals surface area contributed by atoms with Crippen LogP contribution in [0.2, 0.25) is 0 Å². The Labute approximate surface area is 86.3 Å². The van der Waals surface area contributed by atoms with Crippen LogP contribution in [0.25, 0.3) is 0 Å². The normalized spacial score (nSPS) is 11.1. The van der Waals surface area contributed by atoms with E-state index in [0.29, 0.717) is 11.8 Å². The van der Waals surface area contributed by atoms with E-state index in [9.17, 15) is 0 Å². The molecule has 0 saturated heterocycles. The lowest BCUT2D eigenvalue weighted by molar-refractivity contribution is 0.388. The maximum Gasteiger partial charge on any atom is 0.216 e. The maximum atomic E-state index is 5.29. The maximum absolute atomic E-state index is 5.29. The molecule has 1 heterocycles. The first kappa shape index (κ1) is 11.0. The minimum absolute atomic E-state index is 0.449. The summed E-state index contributed by atoms with van der Waals surface area (Å²) in [5.74, 6) is 1.68. The summed E-state index contributed by atoms with van der Waals surface area (Å²) in [6.07, 6.45) is 0. The molecule has 0 aliphatic heterocycles. The van der Waals surface area contributed by atoms with Gasteiger partial charge in [0.25, 0.3) is 0 Å². The van der Waals surface area contributed by atoms with Crippen molar-refractivity contribution < 1.29 is 4.74 Å². The Kier molecular flexibility index (Phi) is 3.50. The van der Waals surface area contributed by atoms with E-state index in [4.69, 9.17) is 4.74 Å². The van der Waals surface area contributed by atoms with Gasteiger partial charge in [0, 0.05) is 11.3 Å². The molecule has 0 bridgehead atoms. The average molecular weight is 193 g/mol. The van der Waals surface area contributed by atoms with Crippen LogP contribution in [0, 0.1) is 0 Å². The smallest absolute Gasteiger partial charge is 0.216 e. The van der Waals surface area contributed by atoms with Crippen LogP contribution in [0.3, 0.4) is 0 Å². The first-order valence-corrected chi connectivity index (χ1v) is 5.11. The van der Waals surface area contributed by atoms with E-state index in [0.717, 1.165) is 11.6 Å². The monoisotopic (exact) mass is 193 g/mol. The van der Waals surface area contributed by atoms with Gasteiger partial charge in [-0.3, -0.25) is 0 Å². The molecule has 1 rings (SSSR count). The second kappa shape index (κ2) is 4.45. The molecule has 1 aromatic heterocycles. The van der Waals surface area contributed by atoms with Crippen LogP contribution in [0.15, 0.2) is 12.1 Å². The first-order chi connectivity index (χ1) is 6.56. The Morgan fingerprint density at radius 3 is 2.14 bits per heavy atom. The number of rotatable bonds is 3. The van der Waals surface area contributed by atoms with Crippen molar-refractivity contribution in [2.24, 2.45) is 0 Å². The number of ether oxygens (including phenoxy) is 1. The summed E-state index contributed by atoms with van der Waals surface area (Å²) < 4.78 is 5.29. The predicted octanol–water partition coefficient (Wildman–Crippen LogP) is 3.34. The van der Waals surface area contributed by atoms with Crippen LogP contribution in [0.1, 0.15) is 50.8 Å². The van der Waals surface area contributed by atoms with E-state index in [1.165, 1.54) is 5.56 Å². The third kappa shape index (κ3) is 2.25. The highest BCUT2D eigenvalue weighted by molar-refractivity contribution is 5.31. The van der Waals surface area contributed by atoms with E-state index >= 15 is 0 Å². The number of methoxy groups -OCH3 is 1. The molecule has 0 N–H and O–H groups in total. The summed E-state index contributed by atoms with van der Waals surface area (Å²) in [6.45, 7) is 8.57. The van der Waals surface area contributed by atoms with Gasteiger partial charge in [0.2, 0.25) is 5.88 Å². The zero-order valence-corrected chi connectivity index (χ0v) is 9.66. The third-order valence-electron chi connectivity index (χ3n) is 2.32. The van der Waals surface area contributed by atoms with Crippen LogP contribution in [0.4, 0.5) is 0 Å². The van der Waals surface area contributed by atoms with Gasteiger partial charge in [-0.15, -0.1) is 0 Å². The summed E-state index contributed by atoms with van der Waals surface area (Å²) in [7, 11) is 1.68. The average Bonchev–Trinajstić information content (AvgIpc) is 2.16. The van der Waals surface area contributed by atoms with Crippen molar-refractivity contribution in [2.75, 3.05) is 7.11 Å². The quantitative estimate of drug-likeness (QED) is 0.734. The molecule has 0 atom stereocenters. The van der Waals surface area contributed by atoms with E-state index in [1.54, 1.807) is 7.11 Å². The molecule has 0 aliphatic rings. The molecule has 78 valence electrons. The lowest BCUT2D eigenvalue weighted by atomic mass is 10.0. The summed E-state index contributed by atoms with van der Waals surface area (Å²) in [4.78, 5) is 4.49. The zero-order valence-electron chi connectivity index (χ0n) is 9.66. The molecule has 0 aliphatic carbocycles. The Balaban J connectivity index is 3.11. The molecule has 1 aromatic rings. The molecular formula is C12H19NO. The fourth-order valence-electron chi connectivity index (χ4n) is 1.39. The summed E-state index contributed by atoms with van der Waals surface area (Å²) in [5.41, 5.74) is 2.27. The van der Waals surface area contributed by atoms with Crippen molar-refractivity contribution in [3.63, 3.8) is 0 Å². The van der Waals surface area contributed by atoms with Crippen LogP contribution >= 0.6 is 0 Å². The number of hydrogen-bond donors (Lipinski definition) is 0. The molecule has 0 spiro atoms. The van der Waals surface area contributed by atoms with Crippen LogP contribution in [0.5, 0.6) is 5.88 Å². The molecular weight excluding hydrogens is 174 g/mol. The van der Waals surface area contributed by atoms with Gasteiger partial charge in [-0.25, -0.2) is 4.98 Å². The van der Waals surface area contributed by atoms with Crippen molar-refractivity contribution in [1.82, 2.24) is 4.98 Å². The lowest BCUT2D eigenvalue weighted by Crippen LogP contribution is -2.01. The molecule has 0 aromatic carbocycles. The molecule has 0 amide bonds. The second-order valence-corrected chi connectivity index (χ2v) is 4.14. The van der Waals surface area contributed by atoms with Crippen molar-refractivity contribution in [3.05, 3.63) is 23.4 Å². The Morgan fingerprint density at radius 2 is 1.71 bits per heavy atom. The van der Waals surface area contributed by atoms with Crippen LogP contribution in [-0.4, -0.2) is 12.1 Å². The number of pyridine rings is 1. The van der Waals surface area contributed by atoms with E-state index in [-0.39, 0.29) is 0 Å². The molecule has 2 heteroatoms. The standard InChI is InChI=1S/C12H19NO/c1-8(2)10-6-7-11(9(3)4)13-12(10)14-5/h6-9H,1-5H3. The lowest BCUT2D eigenvalue weighted by Gasteiger charge is -2.13. The van der Waals surface area contributed by atoms with Crippen LogP contribution < -0.4 is 4.74 Å². The number of nitrogens with zero attached hydrogens (tertiary/aromatic N) is 1.